The lowest BCUT2D eigenvalue weighted by molar-refractivity contribution is -0.155. The molecule has 3 saturated heterocycles. The molecular formula is C18H25NO5S. The molecule has 2 bridgehead atoms. The van der Waals surface area contributed by atoms with Crippen molar-refractivity contribution in [2.24, 2.45) is 5.92 Å². The number of likely N-dealkylation sites (tertiary alicyclic amines) is 1. The van der Waals surface area contributed by atoms with Crippen LogP contribution in [0, 0.1) is 5.92 Å². The van der Waals surface area contributed by atoms with Crippen molar-refractivity contribution in [3.05, 3.63) is 12.7 Å². The van der Waals surface area contributed by atoms with Crippen LogP contribution in [-0.2, 0) is 23.9 Å². The number of nitrogens with zero attached hydrogens (tertiary/aromatic N) is 1. The number of fused-ring (bicyclic) bond motifs is 1. The van der Waals surface area contributed by atoms with Crippen LogP contribution in [-0.4, -0.2) is 57.5 Å². The Morgan fingerprint density at radius 2 is 2.12 bits per heavy atom. The molecule has 3 rings (SSSR count). The Labute approximate surface area is 152 Å². The summed E-state index contributed by atoms with van der Waals surface area (Å²) in [5.74, 6) is -0.508. The third-order valence-corrected chi connectivity index (χ3v) is 6.77. The number of carbonyl (C=O) groups excluding carboxylic acids is 3. The van der Waals surface area contributed by atoms with Crippen molar-refractivity contribution in [3.8, 4) is 0 Å². The molecular weight excluding hydrogens is 342 g/mol. The Kier molecular flexibility index (Phi) is 4.88. The van der Waals surface area contributed by atoms with Gasteiger partial charge in [0.25, 0.3) is 0 Å². The predicted octanol–water partition coefficient (Wildman–Crippen LogP) is 1.92. The molecule has 3 aliphatic heterocycles. The zero-order chi connectivity index (χ0) is 18.4. The second-order valence-corrected chi connectivity index (χ2v) is 9.20. The van der Waals surface area contributed by atoms with E-state index in [1.807, 2.05) is 25.7 Å². The molecule has 0 aliphatic carbocycles. The quantitative estimate of drug-likeness (QED) is 0.406. The average Bonchev–Trinajstić information content (AvgIpc) is 3.14. The number of thioether (sulfide) groups is 1. The van der Waals surface area contributed by atoms with Gasteiger partial charge in [0.2, 0.25) is 5.91 Å². The molecule has 3 aliphatic rings. The van der Waals surface area contributed by atoms with Gasteiger partial charge >= 0.3 is 11.9 Å². The van der Waals surface area contributed by atoms with Crippen LogP contribution >= 0.6 is 11.8 Å². The van der Waals surface area contributed by atoms with E-state index in [-0.39, 0.29) is 59.0 Å². The first-order valence-corrected chi connectivity index (χ1v) is 9.65. The monoisotopic (exact) mass is 367 g/mol. The lowest BCUT2D eigenvalue weighted by atomic mass is 9.87. The molecule has 25 heavy (non-hydrogen) atoms. The van der Waals surface area contributed by atoms with E-state index in [2.05, 4.69) is 6.58 Å². The molecule has 6 nitrogen and oxygen atoms in total. The summed E-state index contributed by atoms with van der Waals surface area (Å²) in [4.78, 5) is 37.8. The Morgan fingerprint density at radius 3 is 2.76 bits per heavy atom. The summed E-state index contributed by atoms with van der Waals surface area (Å²) in [5.41, 5.74) is -0.280. The van der Waals surface area contributed by atoms with Gasteiger partial charge in [-0.2, -0.15) is 0 Å². The van der Waals surface area contributed by atoms with Crippen LogP contribution in [0.2, 0.25) is 0 Å². The zero-order valence-electron chi connectivity index (χ0n) is 14.9. The number of hydrogen-bond donors (Lipinski definition) is 0. The molecule has 138 valence electrons. The Balaban J connectivity index is 1.58. The van der Waals surface area contributed by atoms with Gasteiger partial charge in [-0.05, 0) is 33.6 Å². The first kappa shape index (κ1) is 18.3. The number of carbonyl (C=O) groups is 3. The first-order valence-electron chi connectivity index (χ1n) is 8.71. The van der Waals surface area contributed by atoms with Crippen molar-refractivity contribution >= 4 is 29.6 Å². The molecule has 0 saturated carbocycles. The summed E-state index contributed by atoms with van der Waals surface area (Å²) in [5, 5.41) is 0.446. The molecule has 5 atom stereocenters. The predicted molar refractivity (Wildman–Crippen MR) is 93.9 cm³/mol. The smallest absolute Gasteiger partial charge is 0.330 e. The number of ether oxygens (including phenoxy) is 2. The summed E-state index contributed by atoms with van der Waals surface area (Å²) >= 11 is 1.80. The minimum absolute atomic E-state index is 0.0243. The molecule has 7 heteroatoms. The highest BCUT2D eigenvalue weighted by molar-refractivity contribution is 8.01. The molecule has 0 aromatic rings. The summed E-state index contributed by atoms with van der Waals surface area (Å²) in [6.07, 6.45) is 2.27. The van der Waals surface area contributed by atoms with Crippen LogP contribution in [0.15, 0.2) is 12.7 Å². The maximum absolute atomic E-state index is 12.7. The minimum Gasteiger partial charge on any atom is -0.463 e. The van der Waals surface area contributed by atoms with Gasteiger partial charge < -0.3 is 14.4 Å². The third-order valence-electron chi connectivity index (χ3n) is 5.03. The largest absolute Gasteiger partial charge is 0.463 e. The molecule has 0 radical (unpaired) electrons. The van der Waals surface area contributed by atoms with Gasteiger partial charge in [-0.25, -0.2) is 4.79 Å². The fraction of sp³-hybridized carbons (Fsp3) is 0.722. The molecule has 0 aromatic carbocycles. The van der Waals surface area contributed by atoms with Gasteiger partial charge in [0, 0.05) is 28.5 Å². The van der Waals surface area contributed by atoms with Gasteiger partial charge in [-0.15, -0.1) is 11.8 Å². The third kappa shape index (κ3) is 3.30. The van der Waals surface area contributed by atoms with E-state index in [1.54, 1.807) is 11.8 Å². The normalized spacial score (nSPS) is 32.8. The van der Waals surface area contributed by atoms with Crippen LogP contribution in [0.25, 0.3) is 0 Å². The zero-order valence-corrected chi connectivity index (χ0v) is 15.7. The van der Waals surface area contributed by atoms with Gasteiger partial charge in [-0.1, -0.05) is 6.58 Å². The van der Waals surface area contributed by atoms with Crippen molar-refractivity contribution in [2.45, 2.75) is 68.2 Å². The molecule has 0 spiro atoms. The standard InChI is InChI=1S/C18H25NO5S/c1-5-12(20)23-8-6-7-13(21)24-15-11-9-10-16(25-11)14(15)19(17(10)22)18(2,3)4/h5,10-11,14-16H,1,6-9H2,2-4H3. The Morgan fingerprint density at radius 1 is 1.40 bits per heavy atom. The van der Waals surface area contributed by atoms with Gasteiger partial charge in [0.05, 0.1) is 18.6 Å². The lowest BCUT2D eigenvalue weighted by Crippen LogP contribution is -2.53. The van der Waals surface area contributed by atoms with Crippen molar-refractivity contribution in [3.63, 3.8) is 0 Å². The van der Waals surface area contributed by atoms with E-state index < -0.39 is 5.97 Å². The minimum atomic E-state index is -0.491. The van der Waals surface area contributed by atoms with Crippen LogP contribution in [0.3, 0.4) is 0 Å². The molecule has 1 amide bonds. The van der Waals surface area contributed by atoms with Crippen molar-refractivity contribution in [1.29, 1.82) is 0 Å². The van der Waals surface area contributed by atoms with E-state index in [9.17, 15) is 14.4 Å². The fourth-order valence-electron chi connectivity index (χ4n) is 4.12. The molecule has 3 fully saturated rings. The van der Waals surface area contributed by atoms with Gasteiger partial charge in [0.1, 0.15) is 6.10 Å². The van der Waals surface area contributed by atoms with E-state index in [0.717, 1.165) is 12.5 Å². The number of hydrogen-bond acceptors (Lipinski definition) is 6. The number of rotatable bonds is 6. The number of esters is 2. The molecule has 0 N–H and O–H groups in total. The maximum atomic E-state index is 12.7. The average molecular weight is 367 g/mol. The summed E-state index contributed by atoms with van der Waals surface area (Å²) in [6.45, 7) is 9.57. The van der Waals surface area contributed by atoms with E-state index in [0.29, 0.717) is 6.42 Å². The van der Waals surface area contributed by atoms with Crippen molar-refractivity contribution in [1.82, 2.24) is 4.90 Å². The van der Waals surface area contributed by atoms with Crippen LogP contribution in [0.5, 0.6) is 0 Å². The Bertz CT molecular complexity index is 599. The second-order valence-electron chi connectivity index (χ2n) is 7.78. The Hall–Kier alpha value is -1.50. The van der Waals surface area contributed by atoms with E-state index in [4.69, 9.17) is 9.47 Å². The first-order chi connectivity index (χ1) is 11.7. The highest BCUT2D eigenvalue weighted by atomic mass is 32.2. The maximum Gasteiger partial charge on any atom is 0.330 e. The highest BCUT2D eigenvalue weighted by Crippen LogP contribution is 2.58. The summed E-state index contributed by atoms with van der Waals surface area (Å²) < 4.78 is 10.6. The second kappa shape index (κ2) is 6.67. The molecule has 5 unspecified atom stereocenters. The van der Waals surface area contributed by atoms with Crippen LogP contribution in [0.1, 0.15) is 40.0 Å². The summed E-state index contributed by atoms with van der Waals surface area (Å²) in [6, 6.07) is -0.0243. The lowest BCUT2D eigenvalue weighted by Gasteiger charge is -2.39. The van der Waals surface area contributed by atoms with E-state index >= 15 is 0 Å². The fourth-order valence-corrected chi connectivity index (χ4v) is 6.06. The molecule has 3 heterocycles. The van der Waals surface area contributed by atoms with Crippen molar-refractivity contribution in [2.75, 3.05) is 6.61 Å². The summed E-state index contributed by atoms with van der Waals surface area (Å²) in [7, 11) is 0. The van der Waals surface area contributed by atoms with Crippen molar-refractivity contribution < 1.29 is 23.9 Å². The van der Waals surface area contributed by atoms with Crippen LogP contribution in [0.4, 0.5) is 0 Å². The molecule has 0 aromatic heterocycles. The number of amides is 1. The van der Waals surface area contributed by atoms with E-state index in [1.165, 1.54) is 0 Å². The highest BCUT2D eigenvalue weighted by Gasteiger charge is 2.66. The van der Waals surface area contributed by atoms with Gasteiger partial charge in [0.15, 0.2) is 0 Å². The SMILES string of the molecule is C=CC(=O)OCCCC(=O)OC1C2CC3C(=O)N(C(C)(C)C)C1C3S2. The topological polar surface area (TPSA) is 72.9 Å². The van der Waals surface area contributed by atoms with Gasteiger partial charge in [-0.3, -0.25) is 9.59 Å². The van der Waals surface area contributed by atoms with Crippen LogP contribution < -0.4 is 0 Å².